The molecule has 4 nitrogen and oxygen atoms in total. The van der Waals surface area contributed by atoms with Gasteiger partial charge in [0, 0.05) is 4.88 Å². The second-order valence-electron chi connectivity index (χ2n) is 4.69. The van der Waals surface area contributed by atoms with Crippen LogP contribution in [0.15, 0.2) is 6.33 Å². The highest BCUT2D eigenvalue weighted by atomic mass is 32.1. The number of anilines is 1. The van der Waals surface area contributed by atoms with Crippen molar-refractivity contribution < 1.29 is 5.11 Å². The second kappa shape index (κ2) is 4.82. The molecule has 0 spiro atoms. The maximum atomic E-state index is 9.30. The Bertz CT molecular complexity index is 563. The van der Waals surface area contributed by atoms with E-state index in [4.69, 9.17) is 0 Å². The molecule has 2 aromatic rings. The summed E-state index contributed by atoms with van der Waals surface area (Å²) in [5, 5.41) is 13.8. The van der Waals surface area contributed by atoms with Gasteiger partial charge in [0.15, 0.2) is 0 Å². The molecule has 1 aliphatic rings. The lowest BCUT2D eigenvalue weighted by Gasteiger charge is -2.15. The number of hydrogen-bond donors (Lipinski definition) is 2. The smallest absolute Gasteiger partial charge is 0.138 e. The lowest BCUT2D eigenvalue weighted by Crippen LogP contribution is -2.23. The highest BCUT2D eigenvalue weighted by Crippen LogP contribution is 2.39. The molecule has 0 aromatic carbocycles. The lowest BCUT2D eigenvalue weighted by atomic mass is 10.1. The Morgan fingerprint density at radius 2 is 2.33 bits per heavy atom. The van der Waals surface area contributed by atoms with Crippen LogP contribution in [0.1, 0.15) is 30.2 Å². The van der Waals surface area contributed by atoms with Crippen molar-refractivity contribution in [2.45, 2.75) is 38.6 Å². The number of aliphatic hydroxyl groups is 1. The van der Waals surface area contributed by atoms with Gasteiger partial charge in [-0.3, -0.25) is 0 Å². The van der Waals surface area contributed by atoms with Crippen molar-refractivity contribution in [1.29, 1.82) is 0 Å². The number of fused-ring (bicyclic) bond motifs is 3. The first-order valence-electron chi connectivity index (χ1n) is 6.46. The molecule has 1 aliphatic carbocycles. The first kappa shape index (κ1) is 11.9. The summed E-state index contributed by atoms with van der Waals surface area (Å²) in [7, 11) is 0. The number of aromatic nitrogens is 2. The fraction of sp³-hybridized carbons (Fsp3) is 0.538. The van der Waals surface area contributed by atoms with Gasteiger partial charge in [0.25, 0.3) is 0 Å². The normalized spacial score (nSPS) is 15.9. The third-order valence-corrected chi connectivity index (χ3v) is 4.76. The van der Waals surface area contributed by atoms with E-state index in [0.717, 1.165) is 23.5 Å². The molecule has 0 saturated heterocycles. The number of rotatable bonds is 4. The van der Waals surface area contributed by atoms with Gasteiger partial charge in [-0.05, 0) is 31.2 Å². The molecule has 1 atom stereocenters. The maximum Gasteiger partial charge on any atom is 0.138 e. The molecule has 96 valence electrons. The van der Waals surface area contributed by atoms with Gasteiger partial charge >= 0.3 is 0 Å². The molecule has 0 fully saturated rings. The molecule has 0 aliphatic heterocycles. The Kier molecular flexibility index (Phi) is 3.18. The van der Waals surface area contributed by atoms with E-state index >= 15 is 0 Å². The van der Waals surface area contributed by atoms with Crippen LogP contribution in [0.2, 0.25) is 0 Å². The van der Waals surface area contributed by atoms with E-state index < -0.39 is 0 Å². The van der Waals surface area contributed by atoms with Gasteiger partial charge in [-0.2, -0.15) is 0 Å². The molecule has 2 N–H and O–H groups in total. The summed E-state index contributed by atoms with van der Waals surface area (Å²) in [6.07, 6.45) is 6.04. The van der Waals surface area contributed by atoms with E-state index in [1.165, 1.54) is 28.7 Å². The third-order valence-electron chi connectivity index (χ3n) is 3.56. The predicted octanol–water partition coefficient (Wildman–Crippen LogP) is 2.36. The van der Waals surface area contributed by atoms with Crippen molar-refractivity contribution in [1.82, 2.24) is 9.97 Å². The number of hydrogen-bond acceptors (Lipinski definition) is 5. The van der Waals surface area contributed by atoms with Crippen molar-refractivity contribution in [3.05, 3.63) is 16.8 Å². The van der Waals surface area contributed by atoms with Crippen molar-refractivity contribution in [2.75, 3.05) is 11.9 Å². The Balaban J connectivity index is 2.06. The highest BCUT2D eigenvalue weighted by Gasteiger charge is 2.21. The minimum absolute atomic E-state index is 0.0695. The molecule has 18 heavy (non-hydrogen) atoms. The highest BCUT2D eigenvalue weighted by molar-refractivity contribution is 7.19. The van der Waals surface area contributed by atoms with Crippen molar-refractivity contribution in [3.8, 4) is 0 Å². The molecule has 0 unspecified atom stereocenters. The zero-order chi connectivity index (χ0) is 12.5. The molecule has 5 heteroatoms. The Morgan fingerprint density at radius 1 is 1.44 bits per heavy atom. The minimum Gasteiger partial charge on any atom is -0.394 e. The van der Waals surface area contributed by atoms with Gasteiger partial charge in [-0.1, -0.05) is 6.92 Å². The number of aliphatic hydroxyl groups excluding tert-OH is 1. The van der Waals surface area contributed by atoms with Crippen LogP contribution in [0, 0.1) is 0 Å². The minimum atomic E-state index is 0.0695. The van der Waals surface area contributed by atoms with Gasteiger partial charge in [-0.15, -0.1) is 11.3 Å². The molecule has 0 saturated carbocycles. The predicted molar refractivity (Wildman–Crippen MR) is 74.2 cm³/mol. The van der Waals surface area contributed by atoms with E-state index in [9.17, 15) is 5.11 Å². The van der Waals surface area contributed by atoms with Crippen molar-refractivity contribution >= 4 is 27.4 Å². The largest absolute Gasteiger partial charge is 0.394 e. The first-order chi connectivity index (χ1) is 8.83. The van der Waals surface area contributed by atoms with E-state index in [2.05, 4.69) is 22.2 Å². The van der Waals surface area contributed by atoms with Crippen LogP contribution in [-0.4, -0.2) is 27.7 Å². The summed E-state index contributed by atoms with van der Waals surface area (Å²) < 4.78 is 0. The average molecular weight is 263 g/mol. The molecule has 3 rings (SSSR count). The standard InChI is InChI=1S/C13H17N3OS/c1-2-8(6-17)16-12-11-9-4-3-5-10(9)18-13(11)15-7-14-12/h7-8,17H,2-6H2,1H3,(H,14,15,16)/t8-/m1/s1. The number of aryl methyl sites for hydroxylation is 2. The molecule has 2 aromatic heterocycles. The summed E-state index contributed by atoms with van der Waals surface area (Å²) in [4.78, 5) is 11.3. The molecule has 2 heterocycles. The summed E-state index contributed by atoms with van der Waals surface area (Å²) in [6, 6.07) is 0.0695. The van der Waals surface area contributed by atoms with Crippen molar-refractivity contribution in [2.24, 2.45) is 0 Å². The summed E-state index contributed by atoms with van der Waals surface area (Å²) in [5.74, 6) is 0.889. The van der Waals surface area contributed by atoms with E-state index in [-0.39, 0.29) is 12.6 Å². The topological polar surface area (TPSA) is 58.0 Å². The molecule has 0 amide bonds. The molecule has 0 bridgehead atoms. The quantitative estimate of drug-likeness (QED) is 0.889. The fourth-order valence-electron chi connectivity index (χ4n) is 2.51. The number of thiophene rings is 1. The zero-order valence-electron chi connectivity index (χ0n) is 10.4. The summed E-state index contributed by atoms with van der Waals surface area (Å²) in [5.41, 5.74) is 1.42. The fourth-order valence-corrected chi connectivity index (χ4v) is 3.74. The van der Waals surface area contributed by atoms with Crippen molar-refractivity contribution in [3.63, 3.8) is 0 Å². The molecular weight excluding hydrogens is 246 g/mol. The van der Waals surface area contributed by atoms with Gasteiger partial charge < -0.3 is 10.4 Å². The van der Waals surface area contributed by atoms with Gasteiger partial charge in [-0.25, -0.2) is 9.97 Å². The molecular formula is C13H17N3OS. The monoisotopic (exact) mass is 263 g/mol. The SMILES string of the molecule is CC[C@H](CO)Nc1ncnc2sc3c(c12)CCC3. The van der Waals surface area contributed by atoms with E-state index in [0.29, 0.717) is 0 Å². The van der Waals surface area contributed by atoms with Crippen LogP contribution in [0.25, 0.3) is 10.2 Å². The van der Waals surface area contributed by atoms with Crippen LogP contribution in [0.3, 0.4) is 0 Å². The van der Waals surface area contributed by atoms with Crippen LogP contribution in [0.5, 0.6) is 0 Å². The lowest BCUT2D eigenvalue weighted by molar-refractivity contribution is 0.271. The van der Waals surface area contributed by atoms with Crippen LogP contribution in [-0.2, 0) is 12.8 Å². The van der Waals surface area contributed by atoms with Crippen LogP contribution in [0.4, 0.5) is 5.82 Å². The van der Waals surface area contributed by atoms with Crippen LogP contribution >= 0.6 is 11.3 Å². The summed E-state index contributed by atoms with van der Waals surface area (Å²) >= 11 is 1.79. The van der Waals surface area contributed by atoms with E-state index in [1.54, 1.807) is 17.7 Å². The van der Waals surface area contributed by atoms with E-state index in [1.807, 2.05) is 0 Å². The third kappa shape index (κ3) is 1.87. The number of nitrogens with one attached hydrogen (secondary N) is 1. The van der Waals surface area contributed by atoms with Gasteiger partial charge in [0.05, 0.1) is 18.0 Å². The average Bonchev–Trinajstić information content (AvgIpc) is 2.95. The summed E-state index contributed by atoms with van der Waals surface area (Å²) in [6.45, 7) is 2.19. The van der Waals surface area contributed by atoms with Gasteiger partial charge in [0.2, 0.25) is 0 Å². The maximum absolute atomic E-state index is 9.30. The Morgan fingerprint density at radius 3 is 3.11 bits per heavy atom. The van der Waals surface area contributed by atoms with Gasteiger partial charge in [0.1, 0.15) is 17.0 Å². The Labute approximate surface area is 110 Å². The zero-order valence-corrected chi connectivity index (χ0v) is 11.3. The van der Waals surface area contributed by atoms with Crippen LogP contribution < -0.4 is 5.32 Å². The Hall–Kier alpha value is -1.20. The second-order valence-corrected chi connectivity index (χ2v) is 5.78. The number of nitrogens with zero attached hydrogens (tertiary/aromatic N) is 2. The first-order valence-corrected chi connectivity index (χ1v) is 7.27. The molecule has 0 radical (unpaired) electrons.